The van der Waals surface area contributed by atoms with Crippen molar-refractivity contribution in [2.24, 2.45) is 0 Å². The second kappa shape index (κ2) is 9.90. The fraction of sp³-hybridized carbons (Fsp3) is 0.200. The molecule has 0 aliphatic heterocycles. The predicted molar refractivity (Wildman–Crippen MR) is 134 cm³/mol. The van der Waals surface area contributed by atoms with Gasteiger partial charge in [0.1, 0.15) is 29.4 Å². The zero-order valence-corrected chi connectivity index (χ0v) is 19.8. The van der Waals surface area contributed by atoms with E-state index in [4.69, 9.17) is 4.52 Å². The number of phenols is 1. The lowest BCUT2D eigenvalue weighted by molar-refractivity contribution is -0.118. The van der Waals surface area contributed by atoms with Crippen LogP contribution in [0.1, 0.15) is 46.7 Å². The average molecular weight is 486 g/mol. The van der Waals surface area contributed by atoms with Crippen molar-refractivity contribution in [3.05, 3.63) is 113 Å². The molecule has 1 aliphatic rings. The number of ketones is 1. The maximum Gasteiger partial charge on any atom is 0.137 e. The summed E-state index contributed by atoms with van der Waals surface area (Å²) in [5.74, 6) is -1.65. The van der Waals surface area contributed by atoms with Gasteiger partial charge in [0.2, 0.25) is 0 Å². The molecule has 4 aromatic rings. The first-order valence-electron chi connectivity index (χ1n) is 11.8. The Kier molecular flexibility index (Phi) is 6.51. The summed E-state index contributed by atoms with van der Waals surface area (Å²) in [6.45, 7) is 1.99. The summed E-state index contributed by atoms with van der Waals surface area (Å²) in [4.78, 5) is 13.3. The van der Waals surface area contributed by atoms with E-state index in [1.807, 2.05) is 43.3 Å². The molecule has 1 aliphatic carbocycles. The Labute approximate surface area is 207 Å². The molecule has 6 heteroatoms. The molecule has 4 nitrogen and oxygen atoms in total. The Hall–Kier alpha value is -4.06. The standard InChI is InChI=1S/C30H25F2NO3/c1-18-2-4-21(5-3-18)29-17-36-33-30(29)23(10-19-11-24(31)15-25(32)12-19)14-27(35)13-22-7-6-20-8-9-26(34)16-28(20)22/h2-5,7-9,11-12,15-17,23,34H,6,10,13-14H2,1H3/t23-/m1/s1. The average Bonchev–Trinajstić information content (AvgIpc) is 3.46. The number of aromatic hydroxyl groups is 1. The second-order valence-electron chi connectivity index (χ2n) is 9.35. The topological polar surface area (TPSA) is 63.3 Å². The molecule has 0 unspecified atom stereocenters. The van der Waals surface area contributed by atoms with Crippen LogP contribution in [-0.4, -0.2) is 16.0 Å². The summed E-state index contributed by atoms with van der Waals surface area (Å²) in [5.41, 5.74) is 6.60. The SMILES string of the molecule is Cc1ccc(-c2conc2[C@@H](CC(=O)CC2=CCc3ccc(O)cc32)Cc2cc(F)cc(F)c2)cc1. The van der Waals surface area contributed by atoms with Crippen LogP contribution >= 0.6 is 0 Å². The number of carbonyl (C=O) groups excluding carboxylic acids is 1. The van der Waals surface area contributed by atoms with Gasteiger partial charge in [0.15, 0.2) is 0 Å². The highest BCUT2D eigenvalue weighted by atomic mass is 19.1. The molecule has 1 heterocycles. The van der Waals surface area contributed by atoms with Crippen molar-refractivity contribution >= 4 is 11.4 Å². The van der Waals surface area contributed by atoms with E-state index in [9.17, 15) is 18.7 Å². The molecule has 1 N–H and O–H groups in total. The van der Waals surface area contributed by atoms with Gasteiger partial charge in [-0.2, -0.15) is 0 Å². The lowest BCUT2D eigenvalue weighted by Crippen LogP contribution is -2.12. The van der Waals surface area contributed by atoms with Gasteiger partial charge in [-0.3, -0.25) is 4.79 Å². The number of nitrogens with zero attached hydrogens (tertiary/aromatic N) is 1. The van der Waals surface area contributed by atoms with Crippen LogP contribution in [0.5, 0.6) is 5.75 Å². The third-order valence-corrected chi connectivity index (χ3v) is 6.62. The normalized spacial score (nSPS) is 13.4. The van der Waals surface area contributed by atoms with Crippen LogP contribution in [0.15, 0.2) is 77.5 Å². The van der Waals surface area contributed by atoms with Crippen LogP contribution in [0.2, 0.25) is 0 Å². The highest BCUT2D eigenvalue weighted by Gasteiger charge is 2.26. The number of hydrogen-bond donors (Lipinski definition) is 1. The van der Waals surface area contributed by atoms with Crippen molar-refractivity contribution in [1.82, 2.24) is 5.16 Å². The summed E-state index contributed by atoms with van der Waals surface area (Å²) >= 11 is 0. The van der Waals surface area contributed by atoms with Gasteiger partial charge in [-0.1, -0.05) is 47.1 Å². The molecule has 5 rings (SSSR count). The summed E-state index contributed by atoms with van der Waals surface area (Å²) in [6, 6.07) is 16.5. The first-order chi connectivity index (χ1) is 17.4. The third kappa shape index (κ3) is 5.13. The summed E-state index contributed by atoms with van der Waals surface area (Å²) in [7, 11) is 0. The number of fused-ring (bicyclic) bond motifs is 1. The molecule has 0 fully saturated rings. The number of halogens is 2. The Morgan fingerprint density at radius 2 is 1.78 bits per heavy atom. The lowest BCUT2D eigenvalue weighted by atomic mass is 9.86. The Morgan fingerprint density at radius 1 is 1.03 bits per heavy atom. The monoisotopic (exact) mass is 485 g/mol. The van der Waals surface area contributed by atoms with Gasteiger partial charge in [0, 0.05) is 30.4 Å². The number of aryl methyl sites for hydroxylation is 1. The van der Waals surface area contributed by atoms with Gasteiger partial charge in [-0.05, 0) is 71.9 Å². The Balaban J connectivity index is 1.44. The Morgan fingerprint density at radius 3 is 2.53 bits per heavy atom. The first-order valence-corrected chi connectivity index (χ1v) is 11.8. The van der Waals surface area contributed by atoms with Gasteiger partial charge in [0.05, 0.1) is 5.69 Å². The van der Waals surface area contributed by atoms with E-state index >= 15 is 0 Å². The second-order valence-corrected chi connectivity index (χ2v) is 9.35. The van der Waals surface area contributed by atoms with Gasteiger partial charge in [-0.15, -0.1) is 0 Å². The number of aromatic nitrogens is 1. The van der Waals surface area contributed by atoms with Crippen LogP contribution in [0.4, 0.5) is 8.78 Å². The molecular formula is C30H25F2NO3. The molecule has 182 valence electrons. The van der Waals surface area contributed by atoms with E-state index in [1.165, 1.54) is 12.1 Å². The van der Waals surface area contributed by atoms with Crippen LogP contribution < -0.4 is 0 Å². The molecule has 0 spiro atoms. The van der Waals surface area contributed by atoms with Crippen molar-refractivity contribution in [3.63, 3.8) is 0 Å². The summed E-state index contributed by atoms with van der Waals surface area (Å²) < 4.78 is 33.2. The number of allylic oxidation sites excluding steroid dienone is 2. The van der Waals surface area contributed by atoms with Crippen molar-refractivity contribution in [2.75, 3.05) is 0 Å². The number of Topliss-reactive ketones (excluding diaryl/α,β-unsaturated/α-hetero) is 1. The molecule has 0 saturated heterocycles. The molecule has 3 aromatic carbocycles. The summed E-state index contributed by atoms with van der Waals surface area (Å²) in [5, 5.41) is 14.1. The minimum atomic E-state index is -0.665. The third-order valence-electron chi connectivity index (χ3n) is 6.62. The van der Waals surface area contributed by atoms with Crippen molar-refractivity contribution < 1.29 is 23.2 Å². The number of benzene rings is 3. The largest absolute Gasteiger partial charge is 0.508 e. The van der Waals surface area contributed by atoms with E-state index in [0.29, 0.717) is 17.7 Å². The summed E-state index contributed by atoms with van der Waals surface area (Å²) in [6.07, 6.45) is 4.81. The van der Waals surface area contributed by atoms with E-state index in [-0.39, 0.29) is 30.8 Å². The van der Waals surface area contributed by atoms with E-state index in [1.54, 1.807) is 18.4 Å². The number of phenolic OH excluding ortho intramolecular Hbond substituents is 1. The molecule has 36 heavy (non-hydrogen) atoms. The molecule has 0 amide bonds. The Bertz CT molecular complexity index is 1430. The number of rotatable bonds is 8. The van der Waals surface area contributed by atoms with Gasteiger partial charge in [0.25, 0.3) is 0 Å². The van der Waals surface area contributed by atoms with Crippen molar-refractivity contribution in [1.29, 1.82) is 0 Å². The van der Waals surface area contributed by atoms with Gasteiger partial charge < -0.3 is 9.63 Å². The minimum absolute atomic E-state index is 0.0304. The zero-order chi connectivity index (χ0) is 25.2. The number of carbonyl (C=O) groups is 1. The quantitative estimate of drug-likeness (QED) is 0.293. The maximum absolute atomic E-state index is 13.9. The zero-order valence-electron chi connectivity index (χ0n) is 19.8. The molecule has 0 bridgehead atoms. The highest BCUT2D eigenvalue weighted by Crippen LogP contribution is 2.36. The van der Waals surface area contributed by atoms with Gasteiger partial charge >= 0.3 is 0 Å². The van der Waals surface area contributed by atoms with E-state index < -0.39 is 17.6 Å². The van der Waals surface area contributed by atoms with Gasteiger partial charge in [-0.25, -0.2) is 8.78 Å². The molecular weight excluding hydrogens is 460 g/mol. The molecule has 1 aromatic heterocycles. The fourth-order valence-electron chi connectivity index (χ4n) is 4.88. The van der Waals surface area contributed by atoms with Crippen LogP contribution in [0, 0.1) is 18.6 Å². The predicted octanol–water partition coefficient (Wildman–Crippen LogP) is 6.95. The molecule has 1 atom stereocenters. The molecule has 0 radical (unpaired) electrons. The van der Waals surface area contributed by atoms with Crippen LogP contribution in [-0.2, 0) is 17.6 Å². The smallest absolute Gasteiger partial charge is 0.137 e. The minimum Gasteiger partial charge on any atom is -0.508 e. The van der Waals surface area contributed by atoms with Crippen LogP contribution in [0.3, 0.4) is 0 Å². The highest BCUT2D eigenvalue weighted by molar-refractivity contribution is 5.92. The van der Waals surface area contributed by atoms with E-state index in [0.717, 1.165) is 39.5 Å². The first kappa shape index (κ1) is 23.7. The molecule has 0 saturated carbocycles. The van der Waals surface area contributed by atoms with E-state index in [2.05, 4.69) is 5.16 Å². The lowest BCUT2D eigenvalue weighted by Gasteiger charge is -2.17. The van der Waals surface area contributed by atoms with Crippen molar-refractivity contribution in [2.45, 2.75) is 38.5 Å². The fourth-order valence-corrected chi connectivity index (χ4v) is 4.88. The maximum atomic E-state index is 13.9. The van der Waals surface area contributed by atoms with Crippen LogP contribution in [0.25, 0.3) is 16.7 Å². The van der Waals surface area contributed by atoms with Crippen molar-refractivity contribution in [3.8, 4) is 16.9 Å². The number of hydrogen-bond acceptors (Lipinski definition) is 4.